The second-order valence-electron chi connectivity index (χ2n) is 4.78. The highest BCUT2D eigenvalue weighted by atomic mass is 16.6. The van der Waals surface area contributed by atoms with Crippen molar-refractivity contribution in [1.29, 1.82) is 0 Å². The Labute approximate surface area is 105 Å². The molecule has 0 fully saturated rings. The molecule has 0 heterocycles. The number of aromatic hydroxyl groups is 1. The third-order valence-corrected chi connectivity index (χ3v) is 2.77. The molecule has 3 N–H and O–H groups in total. The van der Waals surface area contributed by atoms with Crippen LogP contribution in [0.3, 0.4) is 0 Å². The lowest BCUT2D eigenvalue weighted by atomic mass is 10.0. The van der Waals surface area contributed by atoms with Gasteiger partial charge < -0.3 is 15.5 Å². The monoisotopic (exact) mass is 254 g/mol. The van der Waals surface area contributed by atoms with E-state index >= 15 is 0 Å². The van der Waals surface area contributed by atoms with Gasteiger partial charge in [-0.05, 0) is 26.3 Å². The number of rotatable bonds is 6. The number of nitro groups is 1. The standard InChI is InChI=1S/C12H18N2O4/c1-12(2,5-6-15)13-8-9-7-10(14(17)18)3-4-11(9)16/h3-4,7,13,15-16H,5-6,8H2,1-2H3. The van der Waals surface area contributed by atoms with Gasteiger partial charge >= 0.3 is 0 Å². The highest BCUT2D eigenvalue weighted by molar-refractivity contribution is 5.42. The summed E-state index contributed by atoms with van der Waals surface area (Å²) < 4.78 is 0. The van der Waals surface area contributed by atoms with Crippen molar-refractivity contribution in [3.8, 4) is 5.75 Å². The summed E-state index contributed by atoms with van der Waals surface area (Å²) in [7, 11) is 0. The summed E-state index contributed by atoms with van der Waals surface area (Å²) in [5.74, 6) is 0.0212. The summed E-state index contributed by atoms with van der Waals surface area (Å²) in [5, 5.41) is 32.3. The summed E-state index contributed by atoms with van der Waals surface area (Å²) in [6.45, 7) is 4.19. The molecule has 0 atom stereocenters. The maximum Gasteiger partial charge on any atom is 0.270 e. The third kappa shape index (κ3) is 3.97. The average Bonchev–Trinajstić information content (AvgIpc) is 2.27. The predicted molar refractivity (Wildman–Crippen MR) is 67.4 cm³/mol. The number of nitrogens with zero attached hydrogens (tertiary/aromatic N) is 1. The molecule has 0 aliphatic heterocycles. The van der Waals surface area contributed by atoms with Crippen LogP contribution < -0.4 is 5.32 Å². The van der Waals surface area contributed by atoms with Crippen molar-refractivity contribution in [2.24, 2.45) is 0 Å². The molecule has 1 rings (SSSR count). The van der Waals surface area contributed by atoms with E-state index in [0.717, 1.165) is 0 Å². The maximum absolute atomic E-state index is 10.6. The van der Waals surface area contributed by atoms with Crippen LogP contribution in [0.4, 0.5) is 5.69 Å². The van der Waals surface area contributed by atoms with Gasteiger partial charge in [0.05, 0.1) is 4.92 Å². The first kappa shape index (κ1) is 14.4. The van der Waals surface area contributed by atoms with Gasteiger partial charge in [-0.25, -0.2) is 0 Å². The minimum atomic E-state index is -0.498. The van der Waals surface area contributed by atoms with Crippen molar-refractivity contribution >= 4 is 5.69 Å². The van der Waals surface area contributed by atoms with Gasteiger partial charge in [0.15, 0.2) is 0 Å². The van der Waals surface area contributed by atoms with E-state index < -0.39 is 4.92 Å². The average molecular weight is 254 g/mol. The fourth-order valence-corrected chi connectivity index (χ4v) is 1.53. The minimum Gasteiger partial charge on any atom is -0.508 e. The van der Waals surface area contributed by atoms with E-state index in [1.54, 1.807) is 0 Å². The molecule has 6 nitrogen and oxygen atoms in total. The molecule has 0 saturated heterocycles. The van der Waals surface area contributed by atoms with Crippen molar-refractivity contribution in [3.05, 3.63) is 33.9 Å². The van der Waals surface area contributed by atoms with Crippen LogP contribution in [0, 0.1) is 10.1 Å². The van der Waals surface area contributed by atoms with E-state index in [0.29, 0.717) is 18.5 Å². The number of hydrogen-bond donors (Lipinski definition) is 3. The molecule has 1 aromatic carbocycles. The zero-order valence-corrected chi connectivity index (χ0v) is 10.5. The van der Waals surface area contributed by atoms with Crippen LogP contribution in [-0.4, -0.2) is 27.3 Å². The number of phenols is 1. The Hall–Kier alpha value is -1.66. The van der Waals surface area contributed by atoms with Gasteiger partial charge in [0.2, 0.25) is 0 Å². The van der Waals surface area contributed by atoms with Crippen molar-refractivity contribution in [2.75, 3.05) is 6.61 Å². The fourth-order valence-electron chi connectivity index (χ4n) is 1.53. The number of aliphatic hydroxyl groups is 1. The Bertz CT molecular complexity index is 432. The summed E-state index contributed by atoms with van der Waals surface area (Å²) >= 11 is 0. The van der Waals surface area contributed by atoms with Crippen molar-refractivity contribution in [2.45, 2.75) is 32.4 Å². The quantitative estimate of drug-likeness (QED) is 0.528. The highest BCUT2D eigenvalue weighted by Gasteiger charge is 2.17. The summed E-state index contributed by atoms with van der Waals surface area (Å²) in [6, 6.07) is 3.92. The maximum atomic E-state index is 10.6. The first-order chi connectivity index (χ1) is 8.35. The van der Waals surface area contributed by atoms with Gasteiger partial charge in [0.25, 0.3) is 5.69 Å². The van der Waals surface area contributed by atoms with E-state index in [9.17, 15) is 15.2 Å². The number of nitrogens with one attached hydrogen (secondary N) is 1. The molecule has 0 aromatic heterocycles. The van der Waals surface area contributed by atoms with Crippen LogP contribution in [-0.2, 0) is 6.54 Å². The molecule has 100 valence electrons. The number of phenolic OH excluding ortho intramolecular Hbond substituents is 1. The SMILES string of the molecule is CC(C)(CCO)NCc1cc([N+](=O)[O-])ccc1O. The molecular formula is C12H18N2O4. The van der Waals surface area contributed by atoms with Crippen LogP contribution in [0.2, 0.25) is 0 Å². The number of nitro benzene ring substituents is 1. The molecule has 1 aromatic rings. The Morgan fingerprint density at radius 3 is 2.67 bits per heavy atom. The molecule has 18 heavy (non-hydrogen) atoms. The van der Waals surface area contributed by atoms with Gasteiger partial charge in [-0.3, -0.25) is 10.1 Å². The molecule has 0 unspecified atom stereocenters. The number of aliphatic hydroxyl groups excluding tert-OH is 1. The van der Waals surface area contributed by atoms with Crippen molar-refractivity contribution in [1.82, 2.24) is 5.32 Å². The topological polar surface area (TPSA) is 95.6 Å². The third-order valence-electron chi connectivity index (χ3n) is 2.77. The molecule has 0 spiro atoms. The van der Waals surface area contributed by atoms with E-state index in [2.05, 4.69) is 5.32 Å². The predicted octanol–water partition coefficient (Wildman–Crippen LogP) is 1.55. The van der Waals surface area contributed by atoms with E-state index in [1.165, 1.54) is 18.2 Å². The largest absolute Gasteiger partial charge is 0.508 e. The highest BCUT2D eigenvalue weighted by Crippen LogP contribution is 2.23. The first-order valence-electron chi connectivity index (χ1n) is 5.68. The Kier molecular flexibility index (Phi) is 4.63. The van der Waals surface area contributed by atoms with E-state index in [-0.39, 0.29) is 23.6 Å². The van der Waals surface area contributed by atoms with Crippen LogP contribution in [0.1, 0.15) is 25.8 Å². The Morgan fingerprint density at radius 1 is 1.44 bits per heavy atom. The molecule has 6 heteroatoms. The van der Waals surface area contributed by atoms with Gasteiger partial charge in [-0.15, -0.1) is 0 Å². The first-order valence-corrected chi connectivity index (χ1v) is 5.68. The normalized spacial score (nSPS) is 11.5. The van der Waals surface area contributed by atoms with E-state index in [1.807, 2.05) is 13.8 Å². The lowest BCUT2D eigenvalue weighted by Gasteiger charge is -2.25. The lowest BCUT2D eigenvalue weighted by Crippen LogP contribution is -2.39. The zero-order valence-electron chi connectivity index (χ0n) is 10.5. The molecule has 0 radical (unpaired) electrons. The smallest absolute Gasteiger partial charge is 0.270 e. The van der Waals surface area contributed by atoms with E-state index in [4.69, 9.17) is 5.11 Å². The molecule has 0 aliphatic rings. The van der Waals surface area contributed by atoms with Gasteiger partial charge in [-0.1, -0.05) is 0 Å². The van der Waals surface area contributed by atoms with Crippen molar-refractivity contribution in [3.63, 3.8) is 0 Å². The summed E-state index contributed by atoms with van der Waals surface area (Å²) in [5.41, 5.74) is 0.117. The molecule has 0 amide bonds. The van der Waals surface area contributed by atoms with Crippen LogP contribution in [0.15, 0.2) is 18.2 Å². The fraction of sp³-hybridized carbons (Fsp3) is 0.500. The number of benzene rings is 1. The van der Waals surface area contributed by atoms with Crippen LogP contribution in [0.5, 0.6) is 5.75 Å². The number of hydrogen-bond acceptors (Lipinski definition) is 5. The van der Waals surface area contributed by atoms with Crippen LogP contribution in [0.25, 0.3) is 0 Å². The Morgan fingerprint density at radius 2 is 2.11 bits per heavy atom. The molecule has 0 aliphatic carbocycles. The van der Waals surface area contributed by atoms with Crippen LogP contribution >= 0.6 is 0 Å². The molecular weight excluding hydrogens is 236 g/mol. The minimum absolute atomic E-state index is 0.0212. The van der Waals surface area contributed by atoms with Gasteiger partial charge in [0, 0.05) is 36.4 Å². The zero-order chi connectivity index (χ0) is 13.8. The van der Waals surface area contributed by atoms with Gasteiger partial charge in [-0.2, -0.15) is 0 Å². The summed E-state index contributed by atoms with van der Waals surface area (Å²) in [6.07, 6.45) is 0.558. The Balaban J connectivity index is 2.78. The van der Waals surface area contributed by atoms with Gasteiger partial charge in [0.1, 0.15) is 5.75 Å². The molecule has 0 bridgehead atoms. The molecule has 0 saturated carbocycles. The number of non-ortho nitro benzene ring substituents is 1. The second kappa shape index (κ2) is 5.79. The second-order valence-corrected chi connectivity index (χ2v) is 4.78. The van der Waals surface area contributed by atoms with Crippen molar-refractivity contribution < 1.29 is 15.1 Å². The summed E-state index contributed by atoms with van der Waals surface area (Å²) in [4.78, 5) is 10.1. The lowest BCUT2D eigenvalue weighted by molar-refractivity contribution is -0.384.